The van der Waals surface area contributed by atoms with Crippen molar-refractivity contribution < 1.29 is 14.8 Å². The van der Waals surface area contributed by atoms with E-state index in [0.29, 0.717) is 10.5 Å². The molecule has 0 fully saturated rings. The number of aromatic hydroxyl groups is 1. The van der Waals surface area contributed by atoms with E-state index >= 15 is 0 Å². The van der Waals surface area contributed by atoms with Crippen LogP contribution in [0.5, 0.6) is 5.75 Å². The summed E-state index contributed by atoms with van der Waals surface area (Å²) in [7, 11) is 0. The summed E-state index contributed by atoms with van der Waals surface area (Å²) < 4.78 is 0. The Morgan fingerprint density at radius 2 is 1.86 bits per heavy atom. The molecule has 0 saturated carbocycles. The van der Waals surface area contributed by atoms with Crippen molar-refractivity contribution in [2.75, 3.05) is 0 Å². The number of nitrogens with zero attached hydrogens (tertiary/aromatic N) is 2. The van der Waals surface area contributed by atoms with Gasteiger partial charge >= 0.3 is 0 Å². The van der Waals surface area contributed by atoms with Gasteiger partial charge in [-0.15, -0.1) is 0 Å². The van der Waals surface area contributed by atoms with E-state index in [1.165, 1.54) is 36.2 Å². The van der Waals surface area contributed by atoms with Crippen LogP contribution in [0.25, 0.3) is 0 Å². The van der Waals surface area contributed by atoms with E-state index in [4.69, 9.17) is 0 Å². The monoisotopic (exact) mass is 407 g/mol. The second-order valence-electron chi connectivity index (χ2n) is 6.12. The number of aryl methyl sites for hydroxylation is 1. The van der Waals surface area contributed by atoms with E-state index in [1.54, 1.807) is 24.3 Å². The SMILES string of the molecule is Cc1ccc(Sc2ccc(/C=N\NC(=O)c3ccccc3O)cc2[N+](=O)[O-])cc1. The topological polar surface area (TPSA) is 105 Å². The molecule has 0 aromatic heterocycles. The summed E-state index contributed by atoms with van der Waals surface area (Å²) in [5.74, 6) is -0.742. The molecule has 2 N–H and O–H groups in total. The predicted octanol–water partition coefficient (Wildman–Crippen LogP) is 4.52. The normalized spacial score (nSPS) is 10.8. The van der Waals surface area contributed by atoms with Crippen LogP contribution in [0.4, 0.5) is 5.69 Å². The van der Waals surface area contributed by atoms with E-state index < -0.39 is 10.8 Å². The molecule has 0 aliphatic heterocycles. The van der Waals surface area contributed by atoms with Crippen LogP contribution in [0.3, 0.4) is 0 Å². The third-order valence-corrected chi connectivity index (χ3v) is 5.03. The Balaban J connectivity index is 1.75. The minimum absolute atomic E-state index is 0.0495. The number of carbonyl (C=O) groups is 1. The number of nitrogens with one attached hydrogen (secondary N) is 1. The van der Waals surface area contributed by atoms with Crippen molar-refractivity contribution >= 4 is 29.6 Å². The van der Waals surface area contributed by atoms with Gasteiger partial charge in [0.2, 0.25) is 0 Å². The summed E-state index contributed by atoms with van der Waals surface area (Å²) in [5.41, 5.74) is 3.90. The fourth-order valence-corrected chi connectivity index (χ4v) is 3.37. The van der Waals surface area contributed by atoms with E-state index in [2.05, 4.69) is 10.5 Å². The quantitative estimate of drug-likeness (QED) is 0.355. The number of hydrogen-bond donors (Lipinski definition) is 2. The van der Waals surface area contributed by atoms with Crippen molar-refractivity contribution in [1.82, 2.24) is 5.43 Å². The Morgan fingerprint density at radius 3 is 2.55 bits per heavy atom. The van der Waals surface area contributed by atoms with Crippen molar-refractivity contribution in [3.63, 3.8) is 0 Å². The Hall–Kier alpha value is -3.65. The molecule has 0 bridgehead atoms. The molecule has 1 amide bonds. The van der Waals surface area contributed by atoms with Crippen molar-refractivity contribution in [3.8, 4) is 5.75 Å². The molecule has 29 heavy (non-hydrogen) atoms. The number of hydrazone groups is 1. The third-order valence-electron chi connectivity index (χ3n) is 3.96. The zero-order valence-corrected chi connectivity index (χ0v) is 16.2. The average molecular weight is 407 g/mol. The maximum atomic E-state index is 12.0. The molecule has 0 saturated heterocycles. The lowest BCUT2D eigenvalue weighted by Crippen LogP contribution is -2.17. The number of amides is 1. The molecule has 0 radical (unpaired) electrons. The van der Waals surface area contributed by atoms with Crippen molar-refractivity contribution in [2.24, 2.45) is 5.10 Å². The van der Waals surface area contributed by atoms with E-state index in [0.717, 1.165) is 10.5 Å². The van der Waals surface area contributed by atoms with Gasteiger partial charge in [-0.05, 0) is 37.3 Å². The number of phenols is 1. The predicted molar refractivity (Wildman–Crippen MR) is 112 cm³/mol. The number of hydrogen-bond acceptors (Lipinski definition) is 6. The molecule has 7 nitrogen and oxygen atoms in total. The van der Waals surface area contributed by atoms with Crippen LogP contribution in [0, 0.1) is 17.0 Å². The van der Waals surface area contributed by atoms with Gasteiger partial charge in [0.25, 0.3) is 11.6 Å². The zero-order valence-electron chi connectivity index (χ0n) is 15.4. The van der Waals surface area contributed by atoms with Crippen LogP contribution < -0.4 is 5.43 Å². The Bertz CT molecular complexity index is 1080. The minimum Gasteiger partial charge on any atom is -0.507 e. The number of para-hydroxylation sites is 1. The maximum absolute atomic E-state index is 12.0. The first-order valence-corrected chi connectivity index (χ1v) is 9.40. The smallest absolute Gasteiger partial charge is 0.283 e. The lowest BCUT2D eigenvalue weighted by Gasteiger charge is -2.05. The Labute approximate surface area is 171 Å². The molecule has 0 aliphatic rings. The van der Waals surface area contributed by atoms with Crippen LogP contribution in [-0.2, 0) is 0 Å². The van der Waals surface area contributed by atoms with Crippen molar-refractivity contribution in [3.05, 3.63) is 93.5 Å². The number of carbonyl (C=O) groups excluding carboxylic acids is 1. The van der Waals surface area contributed by atoms with Gasteiger partial charge in [0, 0.05) is 16.5 Å². The second kappa shape index (κ2) is 9.03. The number of benzene rings is 3. The van der Waals surface area contributed by atoms with E-state index in [9.17, 15) is 20.0 Å². The van der Waals surface area contributed by atoms with Gasteiger partial charge in [-0.3, -0.25) is 14.9 Å². The van der Waals surface area contributed by atoms with Gasteiger partial charge in [-0.2, -0.15) is 5.10 Å². The highest BCUT2D eigenvalue weighted by Crippen LogP contribution is 2.35. The van der Waals surface area contributed by atoms with Crippen LogP contribution in [0.2, 0.25) is 0 Å². The number of nitro benzene ring substituents is 1. The number of nitro groups is 1. The van der Waals surface area contributed by atoms with Crippen LogP contribution in [0.15, 0.2) is 81.6 Å². The average Bonchev–Trinajstić information content (AvgIpc) is 2.70. The first-order valence-electron chi connectivity index (χ1n) is 8.58. The second-order valence-corrected chi connectivity index (χ2v) is 7.23. The number of rotatable bonds is 6. The fourth-order valence-electron chi connectivity index (χ4n) is 2.47. The minimum atomic E-state index is -0.583. The van der Waals surface area contributed by atoms with Gasteiger partial charge < -0.3 is 5.11 Å². The summed E-state index contributed by atoms with van der Waals surface area (Å²) in [6, 6.07) is 18.5. The molecule has 146 valence electrons. The lowest BCUT2D eigenvalue weighted by atomic mass is 10.2. The summed E-state index contributed by atoms with van der Waals surface area (Å²) in [4.78, 5) is 24.4. The largest absolute Gasteiger partial charge is 0.507 e. The Kier molecular flexibility index (Phi) is 6.25. The summed E-state index contributed by atoms with van der Waals surface area (Å²) >= 11 is 1.30. The van der Waals surface area contributed by atoms with Crippen molar-refractivity contribution in [1.29, 1.82) is 0 Å². The lowest BCUT2D eigenvalue weighted by molar-refractivity contribution is -0.387. The summed E-state index contributed by atoms with van der Waals surface area (Å²) in [5, 5.41) is 25.0. The zero-order chi connectivity index (χ0) is 20.8. The van der Waals surface area contributed by atoms with E-state index in [1.807, 2.05) is 31.2 Å². The first kappa shape index (κ1) is 20.1. The van der Waals surface area contributed by atoms with Gasteiger partial charge in [-0.25, -0.2) is 5.43 Å². The van der Waals surface area contributed by atoms with Crippen LogP contribution in [-0.4, -0.2) is 22.2 Å². The maximum Gasteiger partial charge on any atom is 0.283 e. The number of phenolic OH excluding ortho intramolecular Hbond substituents is 1. The fraction of sp³-hybridized carbons (Fsp3) is 0.0476. The molecule has 8 heteroatoms. The molecule has 3 rings (SSSR count). The molecule has 0 heterocycles. The summed E-state index contributed by atoms with van der Waals surface area (Å²) in [6.07, 6.45) is 1.31. The van der Waals surface area contributed by atoms with Gasteiger partial charge in [0.1, 0.15) is 5.75 Å². The van der Waals surface area contributed by atoms with Crippen LogP contribution in [0.1, 0.15) is 21.5 Å². The third kappa shape index (κ3) is 5.20. The van der Waals surface area contributed by atoms with Gasteiger partial charge in [-0.1, -0.05) is 47.7 Å². The van der Waals surface area contributed by atoms with Crippen LogP contribution >= 0.6 is 11.8 Å². The highest BCUT2D eigenvalue weighted by Gasteiger charge is 2.15. The molecule has 3 aromatic carbocycles. The molecular formula is C21H17N3O4S. The van der Waals surface area contributed by atoms with E-state index in [-0.39, 0.29) is 17.0 Å². The first-order chi connectivity index (χ1) is 13.9. The van der Waals surface area contributed by atoms with Crippen molar-refractivity contribution in [2.45, 2.75) is 16.7 Å². The molecule has 0 spiro atoms. The van der Waals surface area contributed by atoms with Gasteiger partial charge in [0.15, 0.2) is 0 Å². The molecule has 0 aliphatic carbocycles. The molecule has 0 unspecified atom stereocenters. The van der Waals surface area contributed by atoms with Gasteiger partial charge in [0.05, 0.1) is 21.6 Å². The standard InChI is InChI=1S/C21H17N3O4S/c1-14-6-9-16(10-7-14)29-20-11-8-15(12-18(20)24(27)28)13-22-23-21(26)17-4-2-3-5-19(17)25/h2-13,25H,1H3,(H,23,26)/b22-13-. The summed E-state index contributed by atoms with van der Waals surface area (Å²) in [6.45, 7) is 1.98. The highest BCUT2D eigenvalue weighted by molar-refractivity contribution is 7.99. The highest BCUT2D eigenvalue weighted by atomic mass is 32.2. The molecule has 3 aromatic rings. The molecule has 0 atom stereocenters. The molecular weight excluding hydrogens is 390 g/mol. The Morgan fingerprint density at radius 1 is 1.14 bits per heavy atom.